The zero-order valence-corrected chi connectivity index (χ0v) is 18.1. The molecular formula is C25H28N2O3. The van der Waals surface area contributed by atoms with Gasteiger partial charge in [0, 0.05) is 29.0 Å². The van der Waals surface area contributed by atoms with E-state index in [1.54, 1.807) is 0 Å². The van der Waals surface area contributed by atoms with Crippen LogP contribution in [0, 0.1) is 0 Å². The Labute approximate surface area is 177 Å². The lowest BCUT2D eigenvalue weighted by Crippen LogP contribution is -2.34. The molecule has 0 saturated carbocycles. The quantitative estimate of drug-likeness (QED) is 0.536. The van der Waals surface area contributed by atoms with Crippen molar-refractivity contribution in [1.29, 1.82) is 0 Å². The number of fused-ring (bicyclic) bond motifs is 4. The standard InChI is InChI=1S/C25H28N2O3/c1-16(15-26-4)27(5)12-13-29-17-10-11-18-20(14-17)25(2,3)24-22(23(18)28)19-8-6-7-9-21(19)30-24/h6-11,14,16H,4,12-13,15H2,1-3,5H3. The molecule has 1 aliphatic carbocycles. The molecule has 0 aliphatic heterocycles. The van der Waals surface area contributed by atoms with Crippen molar-refractivity contribution in [3.8, 4) is 5.75 Å². The van der Waals surface area contributed by atoms with Crippen molar-refractivity contribution in [3.05, 3.63) is 64.9 Å². The van der Waals surface area contributed by atoms with Crippen LogP contribution in [0.1, 0.15) is 48.0 Å². The van der Waals surface area contributed by atoms with E-state index < -0.39 is 5.41 Å². The van der Waals surface area contributed by atoms with E-state index in [1.165, 1.54) is 0 Å². The van der Waals surface area contributed by atoms with Gasteiger partial charge in [0.25, 0.3) is 0 Å². The summed E-state index contributed by atoms with van der Waals surface area (Å²) in [5, 5.41) is 0.878. The number of carbonyl (C=O) groups is 1. The highest BCUT2D eigenvalue weighted by molar-refractivity contribution is 6.19. The minimum atomic E-state index is -0.433. The molecule has 0 radical (unpaired) electrons. The molecule has 5 heteroatoms. The largest absolute Gasteiger partial charge is 0.492 e. The van der Waals surface area contributed by atoms with Gasteiger partial charge in [-0.2, -0.15) is 0 Å². The van der Waals surface area contributed by atoms with Crippen LogP contribution in [-0.2, 0) is 5.41 Å². The van der Waals surface area contributed by atoms with E-state index in [9.17, 15) is 4.79 Å². The van der Waals surface area contributed by atoms with Crippen LogP contribution in [-0.4, -0.2) is 50.2 Å². The summed E-state index contributed by atoms with van der Waals surface area (Å²) in [7, 11) is 2.05. The van der Waals surface area contributed by atoms with Crippen LogP contribution < -0.4 is 4.74 Å². The van der Waals surface area contributed by atoms with E-state index in [1.807, 2.05) is 42.5 Å². The zero-order chi connectivity index (χ0) is 21.5. The number of ketones is 1. The summed E-state index contributed by atoms with van der Waals surface area (Å²) in [5.41, 5.74) is 2.66. The van der Waals surface area contributed by atoms with Crippen LogP contribution in [0.4, 0.5) is 0 Å². The first-order valence-corrected chi connectivity index (χ1v) is 10.3. The molecule has 0 fully saturated rings. The number of aliphatic imine (C=N–C) groups is 1. The minimum absolute atomic E-state index is 0.0151. The topological polar surface area (TPSA) is 55.0 Å². The summed E-state index contributed by atoms with van der Waals surface area (Å²) in [6.07, 6.45) is 0. The minimum Gasteiger partial charge on any atom is -0.492 e. The van der Waals surface area contributed by atoms with Crippen molar-refractivity contribution >= 4 is 23.5 Å². The number of para-hydroxylation sites is 1. The first kappa shape index (κ1) is 20.4. The summed E-state index contributed by atoms with van der Waals surface area (Å²) < 4.78 is 12.2. The molecule has 0 N–H and O–H groups in total. The van der Waals surface area contributed by atoms with Gasteiger partial charge in [-0.05, 0) is 64.4 Å². The first-order valence-electron chi connectivity index (χ1n) is 10.3. The number of hydrogen-bond donors (Lipinski definition) is 0. The van der Waals surface area contributed by atoms with Gasteiger partial charge in [0.05, 0.1) is 12.1 Å². The Bertz CT molecular complexity index is 1110. The predicted octanol–water partition coefficient (Wildman–Crippen LogP) is 4.70. The van der Waals surface area contributed by atoms with Gasteiger partial charge in [0.2, 0.25) is 0 Å². The normalized spacial score (nSPS) is 15.7. The third kappa shape index (κ3) is 3.33. The van der Waals surface area contributed by atoms with Crippen LogP contribution in [0.25, 0.3) is 11.0 Å². The molecule has 3 aromatic rings. The average molecular weight is 405 g/mol. The molecule has 30 heavy (non-hydrogen) atoms. The fourth-order valence-corrected chi connectivity index (χ4v) is 4.15. The van der Waals surface area contributed by atoms with Crippen LogP contribution in [0.5, 0.6) is 5.75 Å². The third-order valence-electron chi connectivity index (χ3n) is 6.16. The maximum Gasteiger partial charge on any atom is 0.197 e. The lowest BCUT2D eigenvalue weighted by Gasteiger charge is -2.31. The molecule has 2 aromatic carbocycles. The van der Waals surface area contributed by atoms with Crippen molar-refractivity contribution in [2.75, 3.05) is 26.7 Å². The number of nitrogens with zero attached hydrogens (tertiary/aromatic N) is 2. The molecule has 0 spiro atoms. The Kier molecular flexibility index (Phi) is 5.24. The number of likely N-dealkylation sites (N-methyl/N-ethyl adjacent to an activating group) is 1. The monoisotopic (exact) mass is 404 g/mol. The summed E-state index contributed by atoms with van der Waals surface area (Å²) >= 11 is 0. The Balaban J connectivity index is 1.60. The molecule has 1 aromatic heterocycles. The highest BCUT2D eigenvalue weighted by Crippen LogP contribution is 2.46. The SMILES string of the molecule is C=NCC(C)N(C)CCOc1ccc2c(c1)C(C)(C)c1oc3ccccc3c1C2=O. The van der Waals surface area contributed by atoms with Crippen LogP contribution in [0.2, 0.25) is 0 Å². The first-order chi connectivity index (χ1) is 14.3. The lowest BCUT2D eigenvalue weighted by molar-refractivity contribution is 0.102. The Morgan fingerprint density at radius 1 is 1.23 bits per heavy atom. The van der Waals surface area contributed by atoms with Gasteiger partial charge in [-0.25, -0.2) is 0 Å². The second-order valence-corrected chi connectivity index (χ2v) is 8.55. The molecule has 5 nitrogen and oxygen atoms in total. The third-order valence-corrected chi connectivity index (χ3v) is 6.16. The summed E-state index contributed by atoms with van der Waals surface area (Å²) in [4.78, 5) is 19.5. The zero-order valence-electron chi connectivity index (χ0n) is 18.1. The van der Waals surface area contributed by atoms with Crippen molar-refractivity contribution in [1.82, 2.24) is 4.90 Å². The number of furan rings is 1. The van der Waals surface area contributed by atoms with E-state index in [2.05, 4.69) is 44.4 Å². The predicted molar refractivity (Wildman–Crippen MR) is 120 cm³/mol. The fourth-order valence-electron chi connectivity index (χ4n) is 4.15. The van der Waals surface area contributed by atoms with E-state index in [4.69, 9.17) is 9.15 Å². The van der Waals surface area contributed by atoms with Crippen LogP contribution >= 0.6 is 0 Å². The molecule has 1 atom stereocenters. The molecule has 1 heterocycles. The molecule has 0 saturated heterocycles. The maximum atomic E-state index is 13.3. The fraction of sp³-hybridized carbons (Fsp3) is 0.360. The highest BCUT2D eigenvalue weighted by Gasteiger charge is 2.41. The summed E-state index contributed by atoms with van der Waals surface area (Å²) in [6, 6.07) is 13.8. The Morgan fingerprint density at radius 3 is 2.77 bits per heavy atom. The highest BCUT2D eigenvalue weighted by atomic mass is 16.5. The molecule has 1 aliphatic rings. The van der Waals surface area contributed by atoms with E-state index in [-0.39, 0.29) is 5.78 Å². The van der Waals surface area contributed by atoms with Gasteiger partial charge in [-0.1, -0.05) is 18.2 Å². The van der Waals surface area contributed by atoms with Gasteiger partial charge in [0.15, 0.2) is 5.78 Å². The number of rotatable bonds is 7. The maximum absolute atomic E-state index is 13.3. The molecule has 4 rings (SSSR count). The molecule has 1 unspecified atom stereocenters. The number of carbonyl (C=O) groups excluding carboxylic acids is 1. The van der Waals surface area contributed by atoms with Gasteiger partial charge in [0.1, 0.15) is 23.7 Å². The summed E-state index contributed by atoms with van der Waals surface area (Å²) in [5.74, 6) is 1.50. The Morgan fingerprint density at radius 2 is 2.00 bits per heavy atom. The van der Waals surface area contributed by atoms with E-state index in [0.717, 1.165) is 34.6 Å². The van der Waals surface area contributed by atoms with E-state index in [0.29, 0.717) is 30.3 Å². The number of benzene rings is 2. The van der Waals surface area contributed by atoms with Crippen molar-refractivity contribution in [3.63, 3.8) is 0 Å². The van der Waals surface area contributed by atoms with Crippen molar-refractivity contribution in [2.24, 2.45) is 4.99 Å². The lowest BCUT2D eigenvalue weighted by atomic mass is 9.72. The smallest absolute Gasteiger partial charge is 0.197 e. The van der Waals surface area contributed by atoms with Crippen LogP contribution in [0.3, 0.4) is 0 Å². The van der Waals surface area contributed by atoms with Crippen molar-refractivity contribution < 1.29 is 13.9 Å². The second-order valence-electron chi connectivity index (χ2n) is 8.55. The van der Waals surface area contributed by atoms with Gasteiger partial charge in [-0.3, -0.25) is 14.7 Å². The van der Waals surface area contributed by atoms with Crippen LogP contribution in [0.15, 0.2) is 51.9 Å². The van der Waals surface area contributed by atoms with Gasteiger partial charge in [-0.15, -0.1) is 0 Å². The molecule has 0 bridgehead atoms. The van der Waals surface area contributed by atoms with E-state index >= 15 is 0 Å². The van der Waals surface area contributed by atoms with Crippen molar-refractivity contribution in [2.45, 2.75) is 32.2 Å². The molecular weight excluding hydrogens is 376 g/mol. The second kappa shape index (κ2) is 7.73. The number of ether oxygens (including phenoxy) is 1. The van der Waals surface area contributed by atoms with Gasteiger partial charge >= 0.3 is 0 Å². The molecule has 0 amide bonds. The van der Waals surface area contributed by atoms with Gasteiger partial charge < -0.3 is 9.15 Å². The molecule has 156 valence electrons. The average Bonchev–Trinajstić information content (AvgIpc) is 3.13. The Hall–Kier alpha value is -2.92. The number of hydrogen-bond acceptors (Lipinski definition) is 5. The summed E-state index contributed by atoms with van der Waals surface area (Å²) in [6.45, 7) is 11.9.